The van der Waals surface area contributed by atoms with Gasteiger partial charge in [0.25, 0.3) is 0 Å². The Kier molecular flexibility index (Phi) is 7.27. The summed E-state index contributed by atoms with van der Waals surface area (Å²) in [5.41, 5.74) is 0. The monoisotopic (exact) mass is 412 g/mol. The fourth-order valence-corrected chi connectivity index (χ4v) is 2.94. The molecule has 160 valence electrons. The zero-order chi connectivity index (χ0) is 21.7. The van der Waals surface area contributed by atoms with Gasteiger partial charge in [-0.3, -0.25) is 14.4 Å². The van der Waals surface area contributed by atoms with Gasteiger partial charge in [-0.1, -0.05) is 13.0 Å². The van der Waals surface area contributed by atoms with Gasteiger partial charge in [0.15, 0.2) is 11.5 Å². The fourth-order valence-electron chi connectivity index (χ4n) is 2.94. The lowest BCUT2D eigenvalue weighted by atomic mass is 9.90. The quantitative estimate of drug-likeness (QED) is 0.399. The van der Waals surface area contributed by atoms with Crippen LogP contribution in [0.2, 0.25) is 0 Å². The smallest absolute Gasteiger partial charge is 0.303 e. The summed E-state index contributed by atoms with van der Waals surface area (Å²) in [6, 6.07) is 4.04. The first-order chi connectivity index (χ1) is 13.6. The number of hydrogen-bond donors (Lipinski definition) is 2. The molecule has 1 aromatic rings. The summed E-state index contributed by atoms with van der Waals surface area (Å²) in [4.78, 5) is 34.4. The SMILES string of the molecule is CC(=O)OC[C@H]1O[C@@H](Oc2cccc(O)c2O)[C@H](OC(C)=O)[C@@H](OC(C)=O)C1C. The minimum Gasteiger partial charge on any atom is -0.504 e. The van der Waals surface area contributed by atoms with Crippen LogP contribution < -0.4 is 4.74 Å². The van der Waals surface area contributed by atoms with Crippen LogP contribution in [0.25, 0.3) is 0 Å². The average Bonchev–Trinajstić information content (AvgIpc) is 2.62. The van der Waals surface area contributed by atoms with Crippen molar-refractivity contribution in [1.29, 1.82) is 0 Å². The van der Waals surface area contributed by atoms with Gasteiger partial charge in [-0.05, 0) is 12.1 Å². The molecule has 1 fully saturated rings. The van der Waals surface area contributed by atoms with Crippen molar-refractivity contribution in [2.45, 2.75) is 52.3 Å². The van der Waals surface area contributed by atoms with Crippen LogP contribution in [0, 0.1) is 5.92 Å². The highest BCUT2D eigenvalue weighted by molar-refractivity contribution is 5.67. The van der Waals surface area contributed by atoms with E-state index in [0.717, 1.165) is 0 Å². The molecule has 0 aromatic heterocycles. The van der Waals surface area contributed by atoms with E-state index in [4.69, 9.17) is 23.7 Å². The number of benzene rings is 1. The Morgan fingerprint density at radius 3 is 2.21 bits per heavy atom. The Bertz CT molecular complexity index is 761. The van der Waals surface area contributed by atoms with E-state index in [0.29, 0.717) is 0 Å². The van der Waals surface area contributed by atoms with E-state index >= 15 is 0 Å². The highest BCUT2D eigenvalue weighted by Crippen LogP contribution is 2.38. The van der Waals surface area contributed by atoms with Crippen molar-refractivity contribution >= 4 is 17.9 Å². The molecular weight excluding hydrogens is 388 g/mol. The predicted molar refractivity (Wildman–Crippen MR) is 96.0 cm³/mol. The fraction of sp³-hybridized carbons (Fsp3) is 0.526. The minimum absolute atomic E-state index is 0.144. The Balaban J connectivity index is 2.37. The number of phenolic OH excluding ortho intramolecular Hbond substituents is 2. The third kappa shape index (κ3) is 5.74. The number of phenols is 2. The zero-order valence-corrected chi connectivity index (χ0v) is 16.5. The van der Waals surface area contributed by atoms with Crippen molar-refractivity contribution in [2.75, 3.05) is 6.61 Å². The number of carbonyl (C=O) groups excluding carboxylic acids is 3. The van der Waals surface area contributed by atoms with Gasteiger partial charge in [-0.15, -0.1) is 0 Å². The average molecular weight is 412 g/mol. The van der Waals surface area contributed by atoms with E-state index < -0.39 is 59.9 Å². The van der Waals surface area contributed by atoms with E-state index in [1.807, 2.05) is 0 Å². The topological polar surface area (TPSA) is 138 Å². The van der Waals surface area contributed by atoms with Crippen molar-refractivity contribution in [3.8, 4) is 17.2 Å². The Morgan fingerprint density at radius 2 is 1.62 bits per heavy atom. The van der Waals surface area contributed by atoms with Crippen molar-refractivity contribution in [2.24, 2.45) is 5.92 Å². The van der Waals surface area contributed by atoms with Gasteiger partial charge in [-0.25, -0.2) is 0 Å². The van der Waals surface area contributed by atoms with Crippen molar-refractivity contribution in [3.05, 3.63) is 18.2 Å². The van der Waals surface area contributed by atoms with Crippen LogP contribution in [0.1, 0.15) is 27.7 Å². The van der Waals surface area contributed by atoms with Gasteiger partial charge >= 0.3 is 17.9 Å². The molecule has 0 bridgehead atoms. The van der Waals surface area contributed by atoms with Crippen molar-refractivity contribution in [3.63, 3.8) is 0 Å². The van der Waals surface area contributed by atoms with E-state index in [-0.39, 0.29) is 12.4 Å². The lowest BCUT2D eigenvalue weighted by molar-refractivity contribution is -0.272. The second kappa shape index (κ2) is 9.46. The number of rotatable bonds is 6. The molecule has 0 radical (unpaired) electrons. The maximum atomic E-state index is 11.6. The van der Waals surface area contributed by atoms with Crippen LogP contribution in [0.4, 0.5) is 0 Å². The number of para-hydroxylation sites is 1. The molecule has 0 spiro atoms. The molecule has 5 atom stereocenters. The van der Waals surface area contributed by atoms with Crippen molar-refractivity contribution in [1.82, 2.24) is 0 Å². The first kappa shape index (κ1) is 22.3. The Morgan fingerprint density at radius 1 is 1.00 bits per heavy atom. The molecular formula is C19H24O10. The van der Waals surface area contributed by atoms with Gasteiger partial charge in [0.05, 0.1) is 0 Å². The summed E-state index contributed by atoms with van der Waals surface area (Å²) in [5.74, 6) is -3.47. The predicted octanol–water partition coefficient (Wildman–Crippen LogP) is 1.26. The van der Waals surface area contributed by atoms with Crippen molar-refractivity contribution < 1.29 is 48.3 Å². The molecule has 1 saturated heterocycles. The summed E-state index contributed by atoms with van der Waals surface area (Å²) in [6.07, 6.45) is -4.25. The first-order valence-corrected chi connectivity index (χ1v) is 8.91. The third-order valence-corrected chi connectivity index (χ3v) is 4.28. The van der Waals surface area contributed by atoms with Crippen LogP contribution in [0.5, 0.6) is 17.2 Å². The molecule has 1 heterocycles. The lowest BCUT2D eigenvalue weighted by Gasteiger charge is -2.43. The maximum Gasteiger partial charge on any atom is 0.303 e. The van der Waals surface area contributed by atoms with Gasteiger partial charge in [0, 0.05) is 26.7 Å². The maximum absolute atomic E-state index is 11.6. The van der Waals surface area contributed by atoms with Crippen LogP contribution in [0.15, 0.2) is 18.2 Å². The Hall–Kier alpha value is -3.01. The second-order valence-electron chi connectivity index (χ2n) is 6.59. The number of carbonyl (C=O) groups is 3. The number of ether oxygens (including phenoxy) is 5. The van der Waals surface area contributed by atoms with Gasteiger partial charge < -0.3 is 33.9 Å². The molecule has 0 aliphatic carbocycles. The molecule has 1 aliphatic heterocycles. The van der Waals surface area contributed by atoms with Gasteiger partial charge in [-0.2, -0.15) is 0 Å². The zero-order valence-electron chi connectivity index (χ0n) is 16.5. The molecule has 0 saturated carbocycles. The number of aromatic hydroxyl groups is 2. The first-order valence-electron chi connectivity index (χ1n) is 8.91. The molecule has 1 aliphatic rings. The lowest BCUT2D eigenvalue weighted by Crippen LogP contribution is -2.59. The normalized spacial score (nSPS) is 26.3. The molecule has 2 N–H and O–H groups in total. The highest BCUT2D eigenvalue weighted by atomic mass is 16.7. The molecule has 29 heavy (non-hydrogen) atoms. The van der Waals surface area contributed by atoms with Gasteiger partial charge in [0.2, 0.25) is 18.1 Å². The summed E-state index contributed by atoms with van der Waals surface area (Å²) < 4.78 is 27.1. The van der Waals surface area contributed by atoms with E-state index in [2.05, 4.69) is 0 Å². The molecule has 1 aromatic carbocycles. The standard InChI is InChI=1S/C19H24O10/c1-9-15(8-25-10(2)20)29-19(28-14-7-5-6-13(23)16(14)24)18(27-12(4)22)17(9)26-11(3)21/h5-7,9,15,17-19,23-24H,8H2,1-4H3/t9?,15-,17+,18-,19-/m1/s1. The molecule has 10 nitrogen and oxygen atoms in total. The van der Waals surface area contributed by atoms with Crippen LogP contribution in [-0.2, 0) is 33.3 Å². The van der Waals surface area contributed by atoms with E-state index in [1.165, 1.54) is 39.0 Å². The third-order valence-electron chi connectivity index (χ3n) is 4.28. The molecule has 1 unspecified atom stereocenters. The minimum atomic E-state index is -1.33. The van der Waals surface area contributed by atoms with E-state index in [9.17, 15) is 24.6 Å². The highest BCUT2D eigenvalue weighted by Gasteiger charge is 2.49. The van der Waals surface area contributed by atoms with E-state index in [1.54, 1.807) is 6.92 Å². The Labute approximate surface area is 167 Å². The largest absolute Gasteiger partial charge is 0.504 e. The molecule has 2 rings (SSSR count). The summed E-state index contributed by atoms with van der Waals surface area (Å²) >= 11 is 0. The number of hydrogen-bond acceptors (Lipinski definition) is 10. The summed E-state index contributed by atoms with van der Waals surface area (Å²) in [7, 11) is 0. The summed E-state index contributed by atoms with van der Waals surface area (Å²) in [6.45, 7) is 5.12. The summed E-state index contributed by atoms with van der Waals surface area (Å²) in [5, 5.41) is 19.7. The molecule has 10 heteroatoms. The second-order valence-corrected chi connectivity index (χ2v) is 6.59. The van der Waals surface area contributed by atoms with Crippen LogP contribution in [-0.4, -0.2) is 59.3 Å². The molecule has 0 amide bonds. The van der Waals surface area contributed by atoms with Gasteiger partial charge in [0.1, 0.15) is 18.8 Å². The number of esters is 3. The van der Waals surface area contributed by atoms with Crippen LogP contribution in [0.3, 0.4) is 0 Å². The van der Waals surface area contributed by atoms with Crippen LogP contribution >= 0.6 is 0 Å².